The highest BCUT2D eigenvalue weighted by molar-refractivity contribution is 5.77. The lowest BCUT2D eigenvalue weighted by atomic mass is 10.0. The fourth-order valence-corrected chi connectivity index (χ4v) is 2.60. The van der Waals surface area contributed by atoms with E-state index in [1.165, 1.54) is 12.1 Å². The number of rotatable bonds is 6. The quantitative estimate of drug-likeness (QED) is 0.736. The molecule has 3 aromatic rings. The van der Waals surface area contributed by atoms with Crippen LogP contribution in [0.5, 0.6) is 0 Å². The zero-order valence-electron chi connectivity index (χ0n) is 13.1. The summed E-state index contributed by atoms with van der Waals surface area (Å²) in [6.07, 6.45) is 2.36. The second-order valence-electron chi connectivity index (χ2n) is 5.56. The molecule has 1 amide bonds. The second-order valence-corrected chi connectivity index (χ2v) is 5.56. The van der Waals surface area contributed by atoms with Gasteiger partial charge in [0, 0.05) is 6.42 Å². The Hall–Kier alpha value is -2.88. The Morgan fingerprint density at radius 3 is 2.58 bits per heavy atom. The van der Waals surface area contributed by atoms with Crippen LogP contribution < -0.4 is 5.32 Å². The van der Waals surface area contributed by atoms with E-state index in [-0.39, 0.29) is 24.2 Å². The van der Waals surface area contributed by atoms with E-state index in [2.05, 4.69) is 5.32 Å². The summed E-state index contributed by atoms with van der Waals surface area (Å²) in [6, 6.07) is 19.3. The third-order valence-corrected chi connectivity index (χ3v) is 3.80. The maximum atomic E-state index is 13.2. The molecular formula is C20H18FNO2. The molecule has 24 heavy (non-hydrogen) atoms. The summed E-state index contributed by atoms with van der Waals surface area (Å²) in [7, 11) is 0. The maximum absolute atomic E-state index is 13.2. The lowest BCUT2D eigenvalue weighted by Gasteiger charge is -2.17. The number of halogens is 1. The minimum absolute atomic E-state index is 0.107. The molecule has 0 bridgehead atoms. The van der Waals surface area contributed by atoms with E-state index < -0.39 is 0 Å². The summed E-state index contributed by atoms with van der Waals surface area (Å²) < 4.78 is 18.7. The molecule has 0 fully saturated rings. The first-order valence-corrected chi connectivity index (χ1v) is 7.84. The Balaban J connectivity index is 1.68. The van der Waals surface area contributed by atoms with Crippen molar-refractivity contribution >= 4 is 5.91 Å². The normalized spacial score (nSPS) is 11.9. The van der Waals surface area contributed by atoms with E-state index in [1.807, 2.05) is 42.5 Å². The summed E-state index contributed by atoms with van der Waals surface area (Å²) in [5.74, 6) is 0.287. The molecule has 1 N–H and O–H groups in total. The van der Waals surface area contributed by atoms with Crippen LogP contribution >= 0.6 is 0 Å². The van der Waals surface area contributed by atoms with E-state index in [0.717, 1.165) is 11.1 Å². The average Bonchev–Trinajstić information content (AvgIpc) is 3.13. The summed E-state index contributed by atoms with van der Waals surface area (Å²) in [5, 5.41) is 2.99. The van der Waals surface area contributed by atoms with Crippen molar-refractivity contribution in [1.82, 2.24) is 5.32 Å². The highest BCUT2D eigenvalue weighted by Gasteiger charge is 2.19. The van der Waals surface area contributed by atoms with E-state index in [0.29, 0.717) is 12.2 Å². The van der Waals surface area contributed by atoms with E-state index >= 15 is 0 Å². The molecule has 0 radical (unpaired) electrons. The molecule has 1 heterocycles. The Kier molecular flexibility index (Phi) is 5.06. The molecule has 2 aromatic carbocycles. The van der Waals surface area contributed by atoms with Gasteiger partial charge in [0.05, 0.1) is 6.26 Å². The van der Waals surface area contributed by atoms with Crippen LogP contribution in [0.25, 0.3) is 0 Å². The predicted molar refractivity (Wildman–Crippen MR) is 89.9 cm³/mol. The molecule has 1 unspecified atom stereocenters. The third-order valence-electron chi connectivity index (χ3n) is 3.80. The molecule has 0 spiro atoms. The van der Waals surface area contributed by atoms with E-state index in [9.17, 15) is 9.18 Å². The monoisotopic (exact) mass is 323 g/mol. The van der Waals surface area contributed by atoms with Gasteiger partial charge in [-0.05, 0) is 41.8 Å². The second kappa shape index (κ2) is 7.59. The minimum atomic E-state index is -0.332. The Bertz CT molecular complexity index is 784. The Labute approximate surface area is 140 Å². The van der Waals surface area contributed by atoms with Crippen LogP contribution in [0.1, 0.15) is 29.3 Å². The summed E-state index contributed by atoms with van der Waals surface area (Å²) in [5.41, 5.74) is 1.76. The first-order valence-electron chi connectivity index (χ1n) is 7.84. The number of hydrogen-bond acceptors (Lipinski definition) is 2. The van der Waals surface area contributed by atoms with Crippen molar-refractivity contribution < 1.29 is 13.6 Å². The van der Waals surface area contributed by atoms with Crippen LogP contribution in [0.2, 0.25) is 0 Å². The largest absolute Gasteiger partial charge is 0.467 e. The first-order chi connectivity index (χ1) is 11.7. The molecule has 0 aliphatic heterocycles. The van der Waals surface area contributed by atoms with E-state index in [1.54, 1.807) is 18.4 Å². The molecule has 1 atom stereocenters. The number of amides is 1. The van der Waals surface area contributed by atoms with Gasteiger partial charge in [-0.1, -0.05) is 42.5 Å². The van der Waals surface area contributed by atoms with Crippen LogP contribution in [0, 0.1) is 5.82 Å². The third kappa shape index (κ3) is 4.10. The molecular weight excluding hydrogens is 305 g/mol. The van der Waals surface area contributed by atoms with Crippen molar-refractivity contribution in [2.24, 2.45) is 0 Å². The fraction of sp³-hybridized carbons (Fsp3) is 0.150. The van der Waals surface area contributed by atoms with Crippen LogP contribution in [0.15, 0.2) is 77.4 Å². The van der Waals surface area contributed by atoms with Crippen molar-refractivity contribution in [3.8, 4) is 0 Å². The van der Waals surface area contributed by atoms with Gasteiger partial charge in [-0.25, -0.2) is 4.39 Å². The number of carbonyl (C=O) groups is 1. The fourth-order valence-electron chi connectivity index (χ4n) is 2.60. The number of carbonyl (C=O) groups excluding carboxylic acids is 1. The summed E-state index contributed by atoms with van der Waals surface area (Å²) in [6.45, 7) is 0. The molecule has 0 saturated heterocycles. The molecule has 3 rings (SSSR count). The van der Waals surface area contributed by atoms with Crippen molar-refractivity contribution in [2.45, 2.75) is 18.9 Å². The number of nitrogens with one attached hydrogen (secondary N) is 1. The van der Waals surface area contributed by atoms with Crippen molar-refractivity contribution in [2.75, 3.05) is 0 Å². The molecule has 1 aromatic heterocycles. The number of hydrogen-bond donors (Lipinski definition) is 1. The van der Waals surface area contributed by atoms with Gasteiger partial charge >= 0.3 is 0 Å². The Morgan fingerprint density at radius 2 is 1.88 bits per heavy atom. The van der Waals surface area contributed by atoms with Gasteiger partial charge in [0.2, 0.25) is 5.91 Å². The average molecular weight is 323 g/mol. The summed E-state index contributed by atoms with van der Waals surface area (Å²) >= 11 is 0. The SMILES string of the molecule is O=C(CCc1cccc(F)c1)NC(c1ccccc1)c1ccco1. The first kappa shape index (κ1) is 16.0. The standard InChI is InChI=1S/C20H18FNO2/c21-17-9-4-6-15(14-17)11-12-19(23)22-20(18-10-5-13-24-18)16-7-2-1-3-8-16/h1-10,13-14,20H,11-12H2,(H,22,23). The number of benzene rings is 2. The smallest absolute Gasteiger partial charge is 0.221 e. The van der Waals surface area contributed by atoms with Crippen molar-refractivity contribution in [3.63, 3.8) is 0 Å². The van der Waals surface area contributed by atoms with Crippen molar-refractivity contribution in [3.05, 3.63) is 95.7 Å². The minimum Gasteiger partial charge on any atom is -0.467 e. The molecule has 3 nitrogen and oxygen atoms in total. The predicted octanol–water partition coefficient (Wildman–Crippen LogP) is 4.26. The number of furan rings is 1. The molecule has 0 aliphatic carbocycles. The highest BCUT2D eigenvalue weighted by atomic mass is 19.1. The maximum Gasteiger partial charge on any atom is 0.221 e. The van der Waals surface area contributed by atoms with Crippen LogP contribution in [-0.4, -0.2) is 5.91 Å². The summed E-state index contributed by atoms with van der Waals surface area (Å²) in [4.78, 5) is 12.3. The van der Waals surface area contributed by atoms with Gasteiger partial charge in [0.15, 0.2) is 0 Å². The van der Waals surface area contributed by atoms with E-state index in [4.69, 9.17) is 4.42 Å². The zero-order valence-corrected chi connectivity index (χ0v) is 13.1. The van der Waals surface area contributed by atoms with Gasteiger partial charge in [-0.2, -0.15) is 0 Å². The van der Waals surface area contributed by atoms with Crippen LogP contribution in [0.4, 0.5) is 4.39 Å². The lowest BCUT2D eigenvalue weighted by molar-refractivity contribution is -0.121. The molecule has 4 heteroatoms. The highest BCUT2D eigenvalue weighted by Crippen LogP contribution is 2.22. The van der Waals surface area contributed by atoms with Gasteiger partial charge in [0.25, 0.3) is 0 Å². The zero-order chi connectivity index (χ0) is 16.8. The van der Waals surface area contributed by atoms with Gasteiger partial charge in [-0.15, -0.1) is 0 Å². The molecule has 0 saturated carbocycles. The van der Waals surface area contributed by atoms with Gasteiger partial charge < -0.3 is 9.73 Å². The van der Waals surface area contributed by atoms with Crippen LogP contribution in [0.3, 0.4) is 0 Å². The Morgan fingerprint density at radius 1 is 1.04 bits per heavy atom. The lowest BCUT2D eigenvalue weighted by Crippen LogP contribution is -2.29. The topological polar surface area (TPSA) is 42.2 Å². The molecule has 122 valence electrons. The molecule has 0 aliphatic rings. The van der Waals surface area contributed by atoms with Crippen LogP contribution in [-0.2, 0) is 11.2 Å². The van der Waals surface area contributed by atoms with Gasteiger partial charge in [0.1, 0.15) is 17.6 Å². The van der Waals surface area contributed by atoms with Gasteiger partial charge in [-0.3, -0.25) is 4.79 Å². The number of aryl methyl sites for hydroxylation is 1. The van der Waals surface area contributed by atoms with Crippen molar-refractivity contribution in [1.29, 1.82) is 0 Å².